The van der Waals surface area contributed by atoms with Crippen molar-refractivity contribution in [1.29, 1.82) is 0 Å². The highest BCUT2D eigenvalue weighted by Gasteiger charge is 2.22. The Morgan fingerprint density at radius 3 is 2.64 bits per heavy atom. The van der Waals surface area contributed by atoms with E-state index in [-0.39, 0.29) is 0 Å². The summed E-state index contributed by atoms with van der Waals surface area (Å²) in [5.41, 5.74) is 11.2. The molecule has 1 fully saturated rings. The van der Waals surface area contributed by atoms with Crippen molar-refractivity contribution in [3.05, 3.63) is 82.9 Å². The summed E-state index contributed by atoms with van der Waals surface area (Å²) in [5.74, 6) is 0. The first-order valence-electron chi connectivity index (χ1n) is 10.3. The van der Waals surface area contributed by atoms with E-state index in [0.29, 0.717) is 6.10 Å². The molecule has 0 bridgehead atoms. The predicted molar refractivity (Wildman–Crippen MR) is 114 cm³/mol. The minimum Gasteiger partial charge on any atom is -0.379 e. The van der Waals surface area contributed by atoms with Crippen molar-refractivity contribution in [3.8, 4) is 22.3 Å². The largest absolute Gasteiger partial charge is 0.379 e. The molecule has 0 saturated carbocycles. The number of aryl methyl sites for hydroxylation is 2. The number of hydrogen-bond donors (Lipinski definition) is 0. The molecular weight excluding hydrogens is 344 g/mol. The SMILES string of the molecule is Cc1cc(-c2cccc3c2Cc2ccccc2-3)ccc1CCCOCC1CO1. The molecule has 1 unspecified atom stereocenters. The Balaban J connectivity index is 1.33. The number of ether oxygens (including phenoxy) is 2. The third kappa shape index (κ3) is 3.50. The van der Waals surface area contributed by atoms with Crippen molar-refractivity contribution in [2.24, 2.45) is 0 Å². The maximum atomic E-state index is 5.67. The van der Waals surface area contributed by atoms with Gasteiger partial charge in [-0.2, -0.15) is 0 Å². The quantitative estimate of drug-likeness (QED) is 0.313. The molecule has 142 valence electrons. The van der Waals surface area contributed by atoms with Gasteiger partial charge in [-0.15, -0.1) is 0 Å². The number of hydrogen-bond acceptors (Lipinski definition) is 2. The molecule has 1 saturated heterocycles. The van der Waals surface area contributed by atoms with Gasteiger partial charge in [0.1, 0.15) is 6.10 Å². The molecule has 28 heavy (non-hydrogen) atoms. The van der Waals surface area contributed by atoms with Gasteiger partial charge in [0, 0.05) is 6.61 Å². The van der Waals surface area contributed by atoms with Crippen LogP contribution in [0, 0.1) is 6.92 Å². The fraction of sp³-hybridized carbons (Fsp3) is 0.308. The molecule has 3 aromatic rings. The summed E-state index contributed by atoms with van der Waals surface area (Å²) in [5, 5.41) is 0. The zero-order valence-corrected chi connectivity index (χ0v) is 16.4. The van der Waals surface area contributed by atoms with Crippen LogP contribution in [0.4, 0.5) is 0 Å². The summed E-state index contributed by atoms with van der Waals surface area (Å²) in [7, 11) is 0. The lowest BCUT2D eigenvalue weighted by Gasteiger charge is -2.12. The van der Waals surface area contributed by atoms with Crippen LogP contribution in [0.15, 0.2) is 60.7 Å². The molecule has 1 heterocycles. The lowest BCUT2D eigenvalue weighted by Crippen LogP contribution is -2.04. The summed E-state index contributed by atoms with van der Waals surface area (Å²) in [6.45, 7) is 4.66. The van der Waals surface area contributed by atoms with Gasteiger partial charge in [0.2, 0.25) is 0 Å². The number of fused-ring (bicyclic) bond motifs is 3. The lowest BCUT2D eigenvalue weighted by atomic mass is 9.93. The third-order valence-electron chi connectivity index (χ3n) is 5.95. The molecule has 5 rings (SSSR count). The second kappa shape index (κ2) is 7.54. The maximum Gasteiger partial charge on any atom is 0.104 e. The lowest BCUT2D eigenvalue weighted by molar-refractivity contribution is 0.114. The highest BCUT2D eigenvalue weighted by Crippen LogP contribution is 2.41. The van der Waals surface area contributed by atoms with Crippen molar-refractivity contribution >= 4 is 0 Å². The molecule has 2 heteroatoms. The van der Waals surface area contributed by atoms with Gasteiger partial charge in [-0.3, -0.25) is 0 Å². The smallest absolute Gasteiger partial charge is 0.104 e. The van der Waals surface area contributed by atoms with Crippen LogP contribution in [-0.4, -0.2) is 25.9 Å². The molecule has 0 radical (unpaired) electrons. The van der Waals surface area contributed by atoms with Crippen molar-refractivity contribution in [3.63, 3.8) is 0 Å². The third-order valence-corrected chi connectivity index (χ3v) is 5.95. The Morgan fingerprint density at radius 2 is 1.79 bits per heavy atom. The first-order chi connectivity index (χ1) is 13.8. The van der Waals surface area contributed by atoms with Crippen molar-refractivity contribution < 1.29 is 9.47 Å². The van der Waals surface area contributed by atoms with Crippen molar-refractivity contribution in [2.45, 2.75) is 32.3 Å². The molecule has 3 aromatic carbocycles. The molecule has 0 amide bonds. The first kappa shape index (κ1) is 17.7. The minimum atomic E-state index is 0.361. The molecule has 0 spiro atoms. The van der Waals surface area contributed by atoms with Gasteiger partial charge >= 0.3 is 0 Å². The Hall–Kier alpha value is -2.42. The van der Waals surface area contributed by atoms with Crippen LogP contribution >= 0.6 is 0 Å². The van der Waals surface area contributed by atoms with E-state index in [0.717, 1.165) is 39.1 Å². The predicted octanol–water partition coefficient (Wildman–Crippen LogP) is 5.58. The van der Waals surface area contributed by atoms with Crippen molar-refractivity contribution in [1.82, 2.24) is 0 Å². The zero-order valence-electron chi connectivity index (χ0n) is 16.4. The van der Waals surface area contributed by atoms with Gasteiger partial charge in [-0.05, 0) is 70.7 Å². The summed E-state index contributed by atoms with van der Waals surface area (Å²) >= 11 is 0. The standard InChI is InChI=1S/C26H26O2/c1-18-14-21(12-11-19(18)7-5-13-27-16-22-17-28-22)24-9-4-10-25-23-8-3-2-6-20(23)15-26(24)25/h2-4,6,8-12,14,22H,5,7,13,15-17H2,1H3. The molecular formula is C26H26O2. The topological polar surface area (TPSA) is 21.8 Å². The average Bonchev–Trinajstić information content (AvgIpc) is 3.46. The van der Waals surface area contributed by atoms with Gasteiger partial charge in [0.15, 0.2) is 0 Å². The summed E-state index contributed by atoms with van der Waals surface area (Å²) in [4.78, 5) is 0. The van der Waals surface area contributed by atoms with E-state index >= 15 is 0 Å². The second-order valence-electron chi connectivity index (χ2n) is 7.94. The van der Waals surface area contributed by atoms with Crippen LogP contribution < -0.4 is 0 Å². The van der Waals surface area contributed by atoms with E-state index in [1.165, 1.54) is 44.5 Å². The van der Waals surface area contributed by atoms with Gasteiger partial charge in [0.05, 0.1) is 13.2 Å². The van der Waals surface area contributed by atoms with Crippen LogP contribution in [0.25, 0.3) is 22.3 Å². The number of epoxide rings is 1. The minimum absolute atomic E-state index is 0.361. The van der Waals surface area contributed by atoms with Crippen LogP contribution in [0.3, 0.4) is 0 Å². The summed E-state index contributed by atoms with van der Waals surface area (Å²) in [6.07, 6.45) is 3.52. The van der Waals surface area contributed by atoms with Crippen LogP contribution in [0.5, 0.6) is 0 Å². The van der Waals surface area contributed by atoms with E-state index in [9.17, 15) is 0 Å². The molecule has 2 aliphatic rings. The van der Waals surface area contributed by atoms with Crippen LogP contribution in [-0.2, 0) is 22.3 Å². The molecule has 1 atom stereocenters. The van der Waals surface area contributed by atoms with Gasteiger partial charge in [-0.1, -0.05) is 60.7 Å². The van der Waals surface area contributed by atoms with Gasteiger partial charge in [0.25, 0.3) is 0 Å². The van der Waals surface area contributed by atoms with E-state index in [2.05, 4.69) is 67.6 Å². The normalized spacial score (nSPS) is 16.7. The highest BCUT2D eigenvalue weighted by molar-refractivity contribution is 5.84. The fourth-order valence-corrected chi connectivity index (χ4v) is 4.32. The monoisotopic (exact) mass is 370 g/mol. The Morgan fingerprint density at radius 1 is 0.964 bits per heavy atom. The molecule has 2 nitrogen and oxygen atoms in total. The maximum absolute atomic E-state index is 5.67. The Labute approximate surface area is 167 Å². The summed E-state index contributed by atoms with van der Waals surface area (Å²) in [6, 6.07) is 22.5. The summed E-state index contributed by atoms with van der Waals surface area (Å²) < 4.78 is 10.8. The van der Waals surface area contributed by atoms with Gasteiger partial charge < -0.3 is 9.47 Å². The van der Waals surface area contributed by atoms with E-state index in [1.807, 2.05) is 0 Å². The van der Waals surface area contributed by atoms with Crippen molar-refractivity contribution in [2.75, 3.05) is 19.8 Å². The van der Waals surface area contributed by atoms with Crippen LogP contribution in [0.2, 0.25) is 0 Å². The van der Waals surface area contributed by atoms with E-state index < -0.39 is 0 Å². The Bertz CT molecular complexity index is 1000. The first-order valence-corrected chi connectivity index (χ1v) is 10.3. The van der Waals surface area contributed by atoms with Crippen LogP contribution in [0.1, 0.15) is 28.7 Å². The van der Waals surface area contributed by atoms with E-state index in [4.69, 9.17) is 9.47 Å². The zero-order chi connectivity index (χ0) is 18.9. The highest BCUT2D eigenvalue weighted by atomic mass is 16.6. The average molecular weight is 370 g/mol. The molecule has 1 aliphatic carbocycles. The van der Waals surface area contributed by atoms with E-state index in [1.54, 1.807) is 0 Å². The molecule has 0 aromatic heterocycles. The van der Waals surface area contributed by atoms with Gasteiger partial charge in [-0.25, -0.2) is 0 Å². The number of rotatable bonds is 7. The number of benzene rings is 3. The second-order valence-corrected chi connectivity index (χ2v) is 7.94. The Kier molecular flexibility index (Phi) is 4.76. The molecule has 1 aliphatic heterocycles. The fourth-order valence-electron chi connectivity index (χ4n) is 4.32. The molecule has 0 N–H and O–H groups in total.